The van der Waals surface area contributed by atoms with Crippen LogP contribution in [0.2, 0.25) is 0 Å². The van der Waals surface area contributed by atoms with Crippen molar-refractivity contribution in [3.63, 3.8) is 0 Å². The minimum Gasteiger partial charge on any atom is -0.355 e. The number of nitrogens with one attached hydrogen (secondary N) is 1. The fraction of sp³-hybridized carbons (Fsp3) is 0.353. The van der Waals surface area contributed by atoms with Crippen LogP contribution in [-0.2, 0) is 17.8 Å². The van der Waals surface area contributed by atoms with Crippen molar-refractivity contribution in [1.82, 2.24) is 24.5 Å². The third-order valence-electron chi connectivity index (χ3n) is 4.00. The lowest BCUT2D eigenvalue weighted by molar-refractivity contribution is -0.121. The van der Waals surface area contributed by atoms with Gasteiger partial charge in [0.1, 0.15) is 12.4 Å². The van der Waals surface area contributed by atoms with Gasteiger partial charge < -0.3 is 9.88 Å². The van der Waals surface area contributed by atoms with Crippen LogP contribution in [0.15, 0.2) is 36.5 Å². The predicted molar refractivity (Wildman–Crippen MR) is 88.2 cm³/mol. The Morgan fingerprint density at radius 2 is 1.91 bits per heavy atom. The number of aromatic nitrogens is 4. The molecule has 0 bridgehead atoms. The van der Waals surface area contributed by atoms with Gasteiger partial charge in [-0.25, -0.2) is 0 Å². The second-order valence-electron chi connectivity index (χ2n) is 5.70. The zero-order valence-electron chi connectivity index (χ0n) is 13.5. The third kappa shape index (κ3) is 3.41. The van der Waals surface area contributed by atoms with Gasteiger partial charge in [-0.1, -0.05) is 6.07 Å². The minimum absolute atomic E-state index is 0.0403. The number of hydrogen-bond donors (Lipinski definition) is 1. The molecule has 3 aromatic rings. The Morgan fingerprint density at radius 1 is 1.13 bits per heavy atom. The Bertz CT molecular complexity index is 798. The minimum atomic E-state index is 0.0403. The van der Waals surface area contributed by atoms with E-state index < -0.39 is 0 Å². The molecular formula is C17H21N5O. The topological polar surface area (TPSA) is 64.2 Å². The number of pyridine rings is 1. The lowest BCUT2D eigenvalue weighted by Crippen LogP contribution is -2.29. The molecule has 0 saturated carbocycles. The maximum atomic E-state index is 12.0. The SMILES string of the molecule is Cc1ccc(C)n1CC(=O)NCCCc1nnc2ccccn12. The molecule has 6 nitrogen and oxygen atoms in total. The lowest BCUT2D eigenvalue weighted by Gasteiger charge is -2.09. The van der Waals surface area contributed by atoms with Gasteiger partial charge in [-0.05, 0) is 44.5 Å². The Kier molecular flexibility index (Phi) is 4.41. The summed E-state index contributed by atoms with van der Waals surface area (Å²) in [5.74, 6) is 0.963. The van der Waals surface area contributed by atoms with E-state index in [2.05, 4.69) is 15.5 Å². The van der Waals surface area contributed by atoms with E-state index in [1.54, 1.807) is 0 Å². The van der Waals surface area contributed by atoms with Crippen molar-refractivity contribution in [2.45, 2.75) is 33.2 Å². The van der Waals surface area contributed by atoms with Gasteiger partial charge in [0, 0.05) is 30.6 Å². The van der Waals surface area contributed by atoms with E-state index in [-0.39, 0.29) is 5.91 Å². The van der Waals surface area contributed by atoms with Crippen LogP contribution in [0, 0.1) is 13.8 Å². The Balaban J connectivity index is 1.47. The number of amides is 1. The summed E-state index contributed by atoms with van der Waals surface area (Å²) in [6.07, 6.45) is 3.58. The first kappa shape index (κ1) is 15.3. The highest BCUT2D eigenvalue weighted by Gasteiger charge is 2.07. The van der Waals surface area contributed by atoms with Gasteiger partial charge in [0.25, 0.3) is 0 Å². The van der Waals surface area contributed by atoms with Crippen molar-refractivity contribution in [2.24, 2.45) is 0 Å². The van der Waals surface area contributed by atoms with Gasteiger partial charge in [-0.3, -0.25) is 9.20 Å². The average Bonchev–Trinajstić information content (AvgIpc) is 3.10. The first-order chi connectivity index (χ1) is 11.1. The number of nitrogens with zero attached hydrogens (tertiary/aromatic N) is 4. The van der Waals surface area contributed by atoms with Crippen molar-refractivity contribution in [3.8, 4) is 0 Å². The molecule has 0 saturated heterocycles. The van der Waals surface area contributed by atoms with Crippen molar-refractivity contribution in [2.75, 3.05) is 6.54 Å². The number of hydrogen-bond acceptors (Lipinski definition) is 3. The number of fused-ring (bicyclic) bond motifs is 1. The Hall–Kier alpha value is -2.63. The van der Waals surface area contributed by atoms with Gasteiger partial charge >= 0.3 is 0 Å². The molecule has 3 aromatic heterocycles. The molecule has 23 heavy (non-hydrogen) atoms. The molecule has 0 aromatic carbocycles. The number of carbonyl (C=O) groups excluding carboxylic acids is 1. The van der Waals surface area contributed by atoms with Gasteiger partial charge in [-0.2, -0.15) is 0 Å². The highest BCUT2D eigenvalue weighted by atomic mass is 16.1. The first-order valence-electron chi connectivity index (χ1n) is 7.83. The molecule has 6 heteroatoms. The molecule has 3 rings (SSSR count). The summed E-state index contributed by atoms with van der Waals surface area (Å²) in [4.78, 5) is 12.0. The highest BCUT2D eigenvalue weighted by Crippen LogP contribution is 2.07. The van der Waals surface area contributed by atoms with Crippen LogP contribution < -0.4 is 5.32 Å². The van der Waals surface area contributed by atoms with Gasteiger partial charge in [0.2, 0.25) is 5.91 Å². The highest BCUT2D eigenvalue weighted by molar-refractivity contribution is 5.75. The van der Waals surface area contributed by atoms with Crippen molar-refractivity contribution in [3.05, 3.63) is 53.7 Å². The van der Waals surface area contributed by atoms with Gasteiger partial charge in [0.05, 0.1) is 0 Å². The lowest BCUT2D eigenvalue weighted by atomic mass is 10.3. The number of aryl methyl sites for hydroxylation is 3. The van der Waals surface area contributed by atoms with E-state index in [4.69, 9.17) is 0 Å². The summed E-state index contributed by atoms with van der Waals surface area (Å²) in [7, 11) is 0. The molecule has 0 atom stereocenters. The zero-order chi connectivity index (χ0) is 16.2. The third-order valence-corrected chi connectivity index (χ3v) is 4.00. The molecule has 1 N–H and O–H groups in total. The average molecular weight is 311 g/mol. The summed E-state index contributed by atoms with van der Waals surface area (Å²) < 4.78 is 4.00. The summed E-state index contributed by atoms with van der Waals surface area (Å²) in [6.45, 7) is 5.03. The Labute approximate surface area is 135 Å². The molecule has 1 amide bonds. The van der Waals surface area contributed by atoms with Crippen LogP contribution in [0.3, 0.4) is 0 Å². The van der Waals surface area contributed by atoms with Gasteiger partial charge in [-0.15, -0.1) is 10.2 Å². The van der Waals surface area contributed by atoms with Crippen LogP contribution in [0.1, 0.15) is 23.6 Å². The number of carbonyl (C=O) groups is 1. The van der Waals surface area contributed by atoms with E-state index in [1.807, 2.05) is 59.3 Å². The Morgan fingerprint density at radius 3 is 2.70 bits per heavy atom. The van der Waals surface area contributed by atoms with E-state index in [0.717, 1.165) is 35.7 Å². The molecule has 0 unspecified atom stereocenters. The molecular weight excluding hydrogens is 290 g/mol. The number of rotatable bonds is 6. The molecule has 120 valence electrons. The fourth-order valence-corrected chi connectivity index (χ4v) is 2.68. The molecule has 0 spiro atoms. The predicted octanol–water partition coefficient (Wildman–Crippen LogP) is 1.90. The quantitative estimate of drug-likeness (QED) is 0.707. The molecule has 0 aliphatic carbocycles. The van der Waals surface area contributed by atoms with E-state index in [0.29, 0.717) is 13.1 Å². The molecule has 0 aliphatic heterocycles. The summed E-state index contributed by atoms with van der Waals surface area (Å²) >= 11 is 0. The zero-order valence-corrected chi connectivity index (χ0v) is 13.5. The van der Waals surface area contributed by atoms with Crippen LogP contribution in [0.5, 0.6) is 0 Å². The van der Waals surface area contributed by atoms with E-state index >= 15 is 0 Å². The molecule has 0 fully saturated rings. The monoisotopic (exact) mass is 311 g/mol. The van der Waals surface area contributed by atoms with Gasteiger partial charge in [0.15, 0.2) is 5.65 Å². The van der Waals surface area contributed by atoms with Crippen molar-refractivity contribution >= 4 is 11.6 Å². The first-order valence-corrected chi connectivity index (χ1v) is 7.83. The largest absolute Gasteiger partial charge is 0.355 e. The maximum Gasteiger partial charge on any atom is 0.239 e. The molecule has 3 heterocycles. The summed E-state index contributed by atoms with van der Waals surface area (Å²) in [5, 5.41) is 11.3. The summed E-state index contributed by atoms with van der Waals surface area (Å²) in [6, 6.07) is 9.89. The normalized spacial score (nSPS) is 11.0. The summed E-state index contributed by atoms with van der Waals surface area (Å²) in [5.41, 5.74) is 3.06. The second kappa shape index (κ2) is 6.64. The molecule has 0 aliphatic rings. The van der Waals surface area contributed by atoms with Crippen molar-refractivity contribution < 1.29 is 4.79 Å². The smallest absolute Gasteiger partial charge is 0.239 e. The van der Waals surface area contributed by atoms with Crippen LogP contribution >= 0.6 is 0 Å². The van der Waals surface area contributed by atoms with E-state index in [9.17, 15) is 4.79 Å². The maximum absolute atomic E-state index is 12.0. The standard InChI is InChI=1S/C17H21N5O/c1-13-8-9-14(2)22(13)12-17(23)18-10-5-7-16-20-19-15-6-3-4-11-21(15)16/h3-4,6,8-9,11H,5,7,10,12H2,1-2H3,(H,18,23). The van der Waals surface area contributed by atoms with Crippen LogP contribution in [0.25, 0.3) is 5.65 Å². The fourth-order valence-electron chi connectivity index (χ4n) is 2.68. The second-order valence-corrected chi connectivity index (χ2v) is 5.70. The molecule has 0 radical (unpaired) electrons. The van der Waals surface area contributed by atoms with E-state index in [1.165, 1.54) is 0 Å². The van der Waals surface area contributed by atoms with Crippen LogP contribution in [-0.4, -0.2) is 31.6 Å². The van der Waals surface area contributed by atoms with Crippen molar-refractivity contribution in [1.29, 1.82) is 0 Å². The van der Waals surface area contributed by atoms with Crippen LogP contribution in [0.4, 0.5) is 0 Å².